The molecule has 6 rings (SSSR count). The van der Waals surface area contributed by atoms with Crippen LogP contribution in [0.2, 0.25) is 0 Å². The Morgan fingerprint density at radius 1 is 0.643 bits per heavy atom. The third-order valence-electron chi connectivity index (χ3n) is 6.96. The normalized spacial score (nSPS) is 34.6. The molecule has 28 heavy (non-hydrogen) atoms. The Labute approximate surface area is 163 Å². The molecule has 146 valence electrons. The predicted molar refractivity (Wildman–Crippen MR) is 98.7 cm³/mol. The van der Waals surface area contributed by atoms with Crippen LogP contribution in [0.1, 0.15) is 37.2 Å². The van der Waals surface area contributed by atoms with Crippen LogP contribution in [0.5, 0.6) is 23.0 Å². The molecule has 2 unspecified atom stereocenters. The summed E-state index contributed by atoms with van der Waals surface area (Å²) in [5.41, 5.74) is 1.87. The smallest absolute Gasteiger partial charge is 0.231 e. The molecular formula is C22H22O6. The van der Waals surface area contributed by atoms with Crippen molar-refractivity contribution in [1.82, 2.24) is 0 Å². The molecule has 0 aliphatic carbocycles. The first-order valence-corrected chi connectivity index (χ1v) is 9.61. The number of ether oxygens (including phenoxy) is 6. The first kappa shape index (κ1) is 16.5. The highest BCUT2D eigenvalue weighted by atomic mass is 16.7. The van der Waals surface area contributed by atoms with E-state index in [1.165, 1.54) is 0 Å². The van der Waals surface area contributed by atoms with Gasteiger partial charge in [-0.25, -0.2) is 0 Å². The van der Waals surface area contributed by atoms with Crippen molar-refractivity contribution in [2.45, 2.75) is 26.1 Å². The SMILES string of the molecule is C[C@]12COC(c3ccc4c(c3)OCO4)[C@@]1(C)COC2c1ccc2c(c1)OCO2. The van der Waals surface area contributed by atoms with Crippen molar-refractivity contribution in [3.63, 3.8) is 0 Å². The highest BCUT2D eigenvalue weighted by Crippen LogP contribution is 2.66. The molecule has 0 spiro atoms. The van der Waals surface area contributed by atoms with E-state index in [0.29, 0.717) is 13.2 Å². The van der Waals surface area contributed by atoms with Gasteiger partial charge in [-0.05, 0) is 35.4 Å². The largest absolute Gasteiger partial charge is 0.454 e. The van der Waals surface area contributed by atoms with Gasteiger partial charge in [-0.15, -0.1) is 0 Å². The molecule has 2 aromatic carbocycles. The minimum absolute atomic E-state index is 0.0639. The lowest BCUT2D eigenvalue weighted by Crippen LogP contribution is -2.37. The molecule has 4 aliphatic heterocycles. The van der Waals surface area contributed by atoms with Gasteiger partial charge in [0.05, 0.1) is 25.4 Å². The van der Waals surface area contributed by atoms with Gasteiger partial charge in [0.1, 0.15) is 0 Å². The van der Waals surface area contributed by atoms with Crippen LogP contribution in [0.15, 0.2) is 36.4 Å². The Bertz CT molecular complexity index is 881. The van der Waals surface area contributed by atoms with E-state index in [0.717, 1.165) is 34.1 Å². The number of rotatable bonds is 2. The summed E-state index contributed by atoms with van der Waals surface area (Å²) in [6, 6.07) is 12.2. The summed E-state index contributed by atoms with van der Waals surface area (Å²) < 4.78 is 34.8. The lowest BCUT2D eigenvalue weighted by molar-refractivity contribution is -0.00647. The van der Waals surface area contributed by atoms with Gasteiger partial charge >= 0.3 is 0 Å². The van der Waals surface area contributed by atoms with Crippen molar-refractivity contribution in [3.8, 4) is 23.0 Å². The van der Waals surface area contributed by atoms with Crippen LogP contribution in [0.25, 0.3) is 0 Å². The summed E-state index contributed by atoms with van der Waals surface area (Å²) in [4.78, 5) is 0. The molecule has 0 N–H and O–H groups in total. The van der Waals surface area contributed by atoms with E-state index in [2.05, 4.69) is 26.0 Å². The number of hydrogen-bond acceptors (Lipinski definition) is 6. The van der Waals surface area contributed by atoms with Crippen molar-refractivity contribution in [1.29, 1.82) is 0 Å². The zero-order chi connectivity index (χ0) is 18.9. The van der Waals surface area contributed by atoms with E-state index in [1.807, 2.05) is 24.3 Å². The first-order valence-electron chi connectivity index (χ1n) is 9.61. The van der Waals surface area contributed by atoms with Crippen molar-refractivity contribution in [2.75, 3.05) is 26.8 Å². The summed E-state index contributed by atoms with van der Waals surface area (Å²) in [5, 5.41) is 0. The van der Waals surface area contributed by atoms with Crippen LogP contribution in [0.3, 0.4) is 0 Å². The highest BCUT2D eigenvalue weighted by Gasteiger charge is 2.64. The summed E-state index contributed by atoms with van der Waals surface area (Å²) >= 11 is 0. The van der Waals surface area contributed by atoms with Crippen LogP contribution >= 0.6 is 0 Å². The molecule has 2 saturated heterocycles. The summed E-state index contributed by atoms with van der Waals surface area (Å²) in [6.07, 6.45) is -0.128. The first-order chi connectivity index (χ1) is 13.6. The molecule has 4 aliphatic rings. The van der Waals surface area contributed by atoms with Crippen molar-refractivity contribution >= 4 is 0 Å². The Kier molecular flexibility index (Phi) is 3.27. The van der Waals surface area contributed by atoms with Gasteiger partial charge in [0.2, 0.25) is 13.6 Å². The van der Waals surface area contributed by atoms with Gasteiger partial charge in [0.15, 0.2) is 23.0 Å². The maximum atomic E-state index is 6.38. The third-order valence-corrected chi connectivity index (χ3v) is 6.96. The third kappa shape index (κ3) is 2.05. The second-order valence-corrected chi connectivity index (χ2v) is 8.44. The van der Waals surface area contributed by atoms with E-state index in [1.54, 1.807) is 0 Å². The molecule has 2 fully saturated rings. The number of fused-ring (bicyclic) bond motifs is 3. The molecule has 0 bridgehead atoms. The molecule has 6 heteroatoms. The Hall–Kier alpha value is -2.44. The molecular weight excluding hydrogens is 360 g/mol. The van der Waals surface area contributed by atoms with Gasteiger partial charge in [-0.1, -0.05) is 26.0 Å². The maximum Gasteiger partial charge on any atom is 0.231 e. The van der Waals surface area contributed by atoms with Gasteiger partial charge in [-0.3, -0.25) is 0 Å². The lowest BCUT2D eigenvalue weighted by Gasteiger charge is -2.37. The quantitative estimate of drug-likeness (QED) is 0.783. The van der Waals surface area contributed by atoms with Crippen LogP contribution < -0.4 is 18.9 Å². The summed E-state index contributed by atoms with van der Waals surface area (Å²) in [7, 11) is 0. The Balaban J connectivity index is 1.35. The topological polar surface area (TPSA) is 55.4 Å². The number of hydrogen-bond donors (Lipinski definition) is 0. The van der Waals surface area contributed by atoms with Crippen molar-refractivity contribution < 1.29 is 28.4 Å². The van der Waals surface area contributed by atoms with E-state index in [9.17, 15) is 0 Å². The molecule has 0 saturated carbocycles. The van der Waals surface area contributed by atoms with Crippen LogP contribution in [0, 0.1) is 10.8 Å². The zero-order valence-corrected chi connectivity index (χ0v) is 15.9. The summed E-state index contributed by atoms with van der Waals surface area (Å²) in [5.74, 6) is 3.14. The zero-order valence-electron chi connectivity index (χ0n) is 15.9. The van der Waals surface area contributed by atoms with Gasteiger partial charge in [0.25, 0.3) is 0 Å². The highest BCUT2D eigenvalue weighted by molar-refractivity contribution is 5.47. The lowest BCUT2D eigenvalue weighted by atomic mass is 9.62. The second-order valence-electron chi connectivity index (χ2n) is 8.44. The predicted octanol–water partition coefficient (Wildman–Crippen LogP) is 4.00. The molecule has 0 radical (unpaired) electrons. The fourth-order valence-electron chi connectivity index (χ4n) is 5.04. The van der Waals surface area contributed by atoms with E-state index in [4.69, 9.17) is 28.4 Å². The van der Waals surface area contributed by atoms with E-state index in [-0.39, 0.29) is 36.6 Å². The maximum absolute atomic E-state index is 6.38. The average molecular weight is 382 g/mol. The molecule has 4 heterocycles. The summed E-state index contributed by atoms with van der Waals surface area (Å²) in [6.45, 7) is 6.33. The molecule has 6 nitrogen and oxygen atoms in total. The molecule has 2 aromatic rings. The minimum atomic E-state index is -0.165. The van der Waals surface area contributed by atoms with Gasteiger partial charge in [0, 0.05) is 10.8 Å². The van der Waals surface area contributed by atoms with Crippen molar-refractivity contribution in [3.05, 3.63) is 47.5 Å². The van der Waals surface area contributed by atoms with Crippen LogP contribution in [-0.2, 0) is 9.47 Å². The minimum Gasteiger partial charge on any atom is -0.454 e. The number of benzene rings is 2. The Morgan fingerprint density at radius 3 is 1.54 bits per heavy atom. The fraction of sp³-hybridized carbons (Fsp3) is 0.455. The van der Waals surface area contributed by atoms with Crippen molar-refractivity contribution in [2.24, 2.45) is 10.8 Å². The molecule has 0 amide bonds. The standard InChI is InChI=1S/C22H22O6/c1-21-9-23-20(14-4-6-16-18(8-14)28-12-26-16)22(21,2)10-24-19(21)13-3-5-15-17(7-13)27-11-25-15/h3-8,19-20H,9-12H2,1-2H3/t19?,20?,21-,22-/m1/s1. The molecule has 4 atom stereocenters. The van der Waals surface area contributed by atoms with Crippen LogP contribution in [0.4, 0.5) is 0 Å². The van der Waals surface area contributed by atoms with Gasteiger partial charge in [-0.2, -0.15) is 0 Å². The van der Waals surface area contributed by atoms with Gasteiger partial charge < -0.3 is 28.4 Å². The monoisotopic (exact) mass is 382 g/mol. The van der Waals surface area contributed by atoms with Crippen LogP contribution in [-0.4, -0.2) is 26.8 Å². The van der Waals surface area contributed by atoms with E-state index >= 15 is 0 Å². The average Bonchev–Trinajstić information content (AvgIpc) is 3.43. The fourth-order valence-corrected chi connectivity index (χ4v) is 5.04. The van der Waals surface area contributed by atoms with E-state index < -0.39 is 0 Å². The Morgan fingerprint density at radius 2 is 1.07 bits per heavy atom. The second kappa shape index (κ2) is 5.55. The molecule has 0 aromatic heterocycles.